The van der Waals surface area contributed by atoms with Gasteiger partial charge in [-0.05, 0) is 53.1 Å². The highest BCUT2D eigenvalue weighted by molar-refractivity contribution is 7.90. The molecule has 0 bridgehead atoms. The van der Waals surface area contributed by atoms with Gasteiger partial charge in [-0.1, -0.05) is 41.9 Å². The highest BCUT2D eigenvalue weighted by Crippen LogP contribution is 2.35. The molecule has 45 heavy (non-hydrogen) atoms. The van der Waals surface area contributed by atoms with Gasteiger partial charge in [-0.15, -0.1) is 0 Å². The van der Waals surface area contributed by atoms with Crippen molar-refractivity contribution >= 4 is 50.6 Å². The first-order valence-electron chi connectivity index (χ1n) is 14.3. The van der Waals surface area contributed by atoms with Crippen LogP contribution in [0, 0.1) is 0 Å². The lowest BCUT2D eigenvalue weighted by Crippen LogP contribution is -2.46. The second kappa shape index (κ2) is 12.6. The Morgan fingerprint density at radius 3 is 2.51 bits per heavy atom. The van der Waals surface area contributed by atoms with Crippen LogP contribution in [0.5, 0.6) is 0 Å². The Morgan fingerprint density at radius 2 is 1.78 bits per heavy atom. The zero-order valence-corrected chi connectivity index (χ0v) is 26.3. The average molecular weight is 647 g/mol. The predicted molar refractivity (Wildman–Crippen MR) is 173 cm³/mol. The van der Waals surface area contributed by atoms with Gasteiger partial charge < -0.3 is 10.1 Å². The molecule has 0 aliphatic carbocycles. The summed E-state index contributed by atoms with van der Waals surface area (Å²) in [4.78, 5) is 39.6. The fourth-order valence-corrected chi connectivity index (χ4v) is 6.06. The topological polar surface area (TPSA) is 125 Å². The highest BCUT2D eigenvalue weighted by atomic mass is 35.5. The molecule has 1 N–H and O–H groups in total. The zero-order chi connectivity index (χ0) is 31.7. The molecule has 3 heterocycles. The van der Waals surface area contributed by atoms with E-state index in [1.807, 2.05) is 18.2 Å². The molecule has 3 amide bonds. The summed E-state index contributed by atoms with van der Waals surface area (Å²) in [7, 11) is -2.16. The number of amides is 3. The number of sulfone groups is 1. The number of carbonyl (C=O) groups excluding carboxylic acids is 2. The number of morpholine rings is 1. The van der Waals surface area contributed by atoms with Crippen molar-refractivity contribution in [2.24, 2.45) is 0 Å². The number of ether oxygens (including phenoxy) is 1. The van der Waals surface area contributed by atoms with Crippen LogP contribution < -0.4 is 15.1 Å². The summed E-state index contributed by atoms with van der Waals surface area (Å²) in [6, 6.07) is 20.2. The Bertz CT molecular complexity index is 1880. The minimum Gasteiger partial charge on any atom is -0.379 e. The monoisotopic (exact) mass is 646 g/mol. The van der Waals surface area contributed by atoms with E-state index in [4.69, 9.17) is 16.3 Å². The Hall–Kier alpha value is -4.36. The molecular formula is C32H31ClN6O5S. The molecule has 1 aromatic heterocycles. The standard InChI is InChI=1S/C32H31ClN6O5S/c1-37-29-25(18-34-31(36-29)45(2,42)43)20-39(32(37)41)28-17-26(10-11-27(28)33)35-30(40)23-8-6-22(7-9-23)24-5-3-4-21(16-24)19-38-12-14-44-15-13-38/h3-11,16-18H,12-15,19-20H2,1-2H3,(H,35,40). The first-order valence-corrected chi connectivity index (χ1v) is 16.6. The molecular weight excluding hydrogens is 616 g/mol. The molecule has 0 unspecified atom stereocenters. The smallest absolute Gasteiger partial charge is 0.330 e. The van der Waals surface area contributed by atoms with Gasteiger partial charge in [-0.3, -0.25) is 19.5 Å². The maximum atomic E-state index is 13.3. The van der Waals surface area contributed by atoms with Gasteiger partial charge in [0, 0.05) is 55.9 Å². The quantitative estimate of drug-likeness (QED) is 0.282. The van der Waals surface area contributed by atoms with E-state index in [2.05, 4.69) is 38.4 Å². The molecule has 13 heteroatoms. The van der Waals surface area contributed by atoms with Crippen molar-refractivity contribution in [3.8, 4) is 11.1 Å². The average Bonchev–Trinajstić information content (AvgIpc) is 3.04. The minimum absolute atomic E-state index is 0.0643. The lowest BCUT2D eigenvalue weighted by molar-refractivity contribution is 0.0342. The third-order valence-electron chi connectivity index (χ3n) is 7.73. The second-order valence-corrected chi connectivity index (χ2v) is 13.3. The summed E-state index contributed by atoms with van der Waals surface area (Å²) >= 11 is 6.51. The molecule has 3 aromatic carbocycles. The fourth-order valence-electron chi connectivity index (χ4n) is 5.34. The fraction of sp³-hybridized carbons (Fsp3) is 0.250. The summed E-state index contributed by atoms with van der Waals surface area (Å²) in [6.07, 6.45) is 2.39. The Labute approximate surface area is 266 Å². The Balaban J connectivity index is 1.16. The van der Waals surface area contributed by atoms with Crippen molar-refractivity contribution in [1.29, 1.82) is 0 Å². The van der Waals surface area contributed by atoms with Gasteiger partial charge in [0.25, 0.3) is 5.91 Å². The van der Waals surface area contributed by atoms with Crippen LogP contribution >= 0.6 is 11.6 Å². The molecule has 4 aromatic rings. The van der Waals surface area contributed by atoms with Crippen LogP contribution in [0.25, 0.3) is 11.1 Å². The van der Waals surface area contributed by atoms with Gasteiger partial charge in [0.15, 0.2) is 0 Å². The number of anilines is 3. The van der Waals surface area contributed by atoms with Crippen LogP contribution in [-0.2, 0) is 27.7 Å². The zero-order valence-electron chi connectivity index (χ0n) is 24.7. The van der Waals surface area contributed by atoms with Crippen LogP contribution in [0.3, 0.4) is 0 Å². The Kier molecular flexibility index (Phi) is 8.56. The van der Waals surface area contributed by atoms with E-state index in [0.29, 0.717) is 27.5 Å². The van der Waals surface area contributed by atoms with Crippen LogP contribution in [0.1, 0.15) is 21.5 Å². The second-order valence-electron chi connectivity index (χ2n) is 11.0. The third-order valence-corrected chi connectivity index (χ3v) is 8.91. The molecule has 6 rings (SSSR count). The number of nitrogens with one attached hydrogen (secondary N) is 1. The normalized spacial score (nSPS) is 15.6. The SMILES string of the molecule is CN1C(=O)N(c2cc(NC(=O)c3ccc(-c4cccc(CN5CCOCC5)c4)cc3)ccc2Cl)Cc2cnc(S(C)(=O)=O)nc21. The molecule has 1 fully saturated rings. The van der Waals surface area contributed by atoms with E-state index in [1.54, 1.807) is 30.3 Å². The molecule has 11 nitrogen and oxygen atoms in total. The van der Waals surface area contributed by atoms with Crippen molar-refractivity contribution in [2.45, 2.75) is 18.2 Å². The van der Waals surface area contributed by atoms with Gasteiger partial charge in [-0.2, -0.15) is 0 Å². The highest BCUT2D eigenvalue weighted by Gasteiger charge is 2.32. The maximum absolute atomic E-state index is 13.3. The van der Waals surface area contributed by atoms with E-state index < -0.39 is 15.9 Å². The predicted octanol–water partition coefficient (Wildman–Crippen LogP) is 4.86. The van der Waals surface area contributed by atoms with Crippen molar-refractivity contribution in [3.63, 3.8) is 0 Å². The summed E-state index contributed by atoms with van der Waals surface area (Å²) in [6.45, 7) is 4.29. The third kappa shape index (κ3) is 6.69. The van der Waals surface area contributed by atoms with Gasteiger partial charge in [0.2, 0.25) is 15.0 Å². The first kappa shape index (κ1) is 30.7. The van der Waals surface area contributed by atoms with Crippen molar-refractivity contribution in [2.75, 3.05) is 54.7 Å². The van der Waals surface area contributed by atoms with E-state index in [-0.39, 0.29) is 23.4 Å². The Morgan fingerprint density at radius 1 is 1.02 bits per heavy atom. The largest absolute Gasteiger partial charge is 0.379 e. The van der Waals surface area contributed by atoms with Crippen LogP contribution in [0.4, 0.5) is 22.0 Å². The number of aromatic nitrogens is 2. The van der Waals surface area contributed by atoms with E-state index >= 15 is 0 Å². The van der Waals surface area contributed by atoms with Crippen LogP contribution in [0.15, 0.2) is 78.1 Å². The number of halogens is 1. The number of fused-ring (bicyclic) bond motifs is 1. The number of hydrogen-bond acceptors (Lipinski definition) is 8. The van der Waals surface area contributed by atoms with Crippen molar-refractivity contribution < 1.29 is 22.7 Å². The summed E-state index contributed by atoms with van der Waals surface area (Å²) in [5.41, 5.74) is 5.14. The number of rotatable bonds is 7. The number of nitrogens with zero attached hydrogens (tertiary/aromatic N) is 5. The minimum atomic E-state index is -3.65. The van der Waals surface area contributed by atoms with Crippen LogP contribution in [0.2, 0.25) is 5.02 Å². The molecule has 0 radical (unpaired) electrons. The molecule has 2 aliphatic rings. The molecule has 0 atom stereocenters. The van der Waals surface area contributed by atoms with Crippen molar-refractivity contribution in [1.82, 2.24) is 14.9 Å². The van der Waals surface area contributed by atoms with Gasteiger partial charge in [0.05, 0.1) is 30.5 Å². The van der Waals surface area contributed by atoms with Gasteiger partial charge in [-0.25, -0.2) is 23.2 Å². The molecule has 1 saturated heterocycles. The lowest BCUT2D eigenvalue weighted by atomic mass is 10.0. The maximum Gasteiger partial charge on any atom is 0.330 e. The summed E-state index contributed by atoms with van der Waals surface area (Å²) in [5.74, 6) is -0.107. The lowest BCUT2D eigenvalue weighted by Gasteiger charge is -2.34. The van der Waals surface area contributed by atoms with E-state index in [0.717, 1.165) is 50.2 Å². The number of benzene rings is 3. The molecule has 0 spiro atoms. The van der Waals surface area contributed by atoms with Crippen molar-refractivity contribution in [3.05, 3.63) is 94.6 Å². The van der Waals surface area contributed by atoms with E-state index in [1.165, 1.54) is 28.6 Å². The number of hydrogen-bond donors (Lipinski definition) is 1. The van der Waals surface area contributed by atoms with Crippen LogP contribution in [-0.4, -0.2) is 74.8 Å². The summed E-state index contributed by atoms with van der Waals surface area (Å²) in [5, 5.41) is 2.83. The summed E-state index contributed by atoms with van der Waals surface area (Å²) < 4.78 is 29.3. The van der Waals surface area contributed by atoms with Gasteiger partial charge in [0.1, 0.15) is 5.82 Å². The first-order chi connectivity index (χ1) is 21.6. The molecule has 232 valence electrons. The number of urea groups is 1. The molecule has 2 aliphatic heterocycles. The number of carbonyl (C=O) groups is 2. The molecule has 0 saturated carbocycles. The van der Waals surface area contributed by atoms with Gasteiger partial charge >= 0.3 is 6.03 Å². The van der Waals surface area contributed by atoms with E-state index in [9.17, 15) is 18.0 Å².